The predicted octanol–water partition coefficient (Wildman–Crippen LogP) is 4.30. The zero-order chi connectivity index (χ0) is 20.6. The molecule has 7 nitrogen and oxygen atoms in total. The lowest BCUT2D eigenvalue weighted by Gasteiger charge is -2.20. The third-order valence-electron chi connectivity index (χ3n) is 4.66. The maximum absolute atomic E-state index is 13.3. The van der Waals surface area contributed by atoms with Crippen LogP contribution in [0.1, 0.15) is 11.1 Å². The van der Waals surface area contributed by atoms with Gasteiger partial charge in [-0.05, 0) is 60.7 Å². The summed E-state index contributed by atoms with van der Waals surface area (Å²) in [5.74, 6) is 0.512. The largest absolute Gasteiger partial charge is 0.333 e. The van der Waals surface area contributed by atoms with Gasteiger partial charge in [0.2, 0.25) is 5.82 Å². The van der Waals surface area contributed by atoms with Crippen LogP contribution in [0.4, 0.5) is 5.69 Å². The molecule has 148 valence electrons. The van der Waals surface area contributed by atoms with Crippen LogP contribution in [0.3, 0.4) is 0 Å². The molecule has 4 rings (SSSR count). The first-order valence-electron chi connectivity index (χ1n) is 8.76. The average molecular weight is 427 g/mol. The summed E-state index contributed by atoms with van der Waals surface area (Å²) in [4.78, 5) is 8.94. The van der Waals surface area contributed by atoms with E-state index in [1.54, 1.807) is 42.0 Å². The van der Waals surface area contributed by atoms with Gasteiger partial charge in [-0.1, -0.05) is 11.2 Å². The Labute approximate surface area is 172 Å². The number of hydrogen-bond donors (Lipinski definition) is 0. The molecular formula is C20H18N4O3S2. The smallest absolute Gasteiger partial charge is 0.269 e. The van der Waals surface area contributed by atoms with Gasteiger partial charge in [-0.2, -0.15) is 4.98 Å². The minimum Gasteiger partial charge on any atom is -0.333 e. The molecule has 0 saturated heterocycles. The summed E-state index contributed by atoms with van der Waals surface area (Å²) >= 11 is 1.24. The second-order valence-corrected chi connectivity index (χ2v) is 9.37. The first-order valence-corrected chi connectivity index (χ1v) is 11.1. The van der Waals surface area contributed by atoms with Crippen molar-refractivity contribution in [1.29, 1.82) is 0 Å². The number of nitrogens with zero attached hydrogens (tertiary/aromatic N) is 4. The Kier molecular flexibility index (Phi) is 4.93. The third kappa shape index (κ3) is 3.54. The van der Waals surface area contributed by atoms with Gasteiger partial charge >= 0.3 is 0 Å². The number of rotatable bonds is 5. The summed E-state index contributed by atoms with van der Waals surface area (Å²) in [5, 5.41) is 5.66. The molecule has 0 aliphatic heterocycles. The highest BCUT2D eigenvalue weighted by molar-refractivity contribution is 7.93. The van der Waals surface area contributed by atoms with E-state index in [0.29, 0.717) is 22.0 Å². The van der Waals surface area contributed by atoms with E-state index in [9.17, 15) is 8.42 Å². The molecule has 0 aliphatic rings. The molecule has 0 unspecified atom stereocenters. The maximum Gasteiger partial charge on any atom is 0.269 e. The van der Waals surface area contributed by atoms with Gasteiger partial charge in [-0.3, -0.25) is 9.29 Å². The standard InChI is InChI=1S/C20H18N4O3S2/c1-13-6-7-16(11-14(13)2)24(3)29(25,26)17-8-10-28-18(17)20-22-19(23-27-20)15-5-4-9-21-12-15/h4-12H,1-3H3. The second-order valence-electron chi connectivity index (χ2n) is 6.52. The van der Waals surface area contributed by atoms with Gasteiger partial charge in [0, 0.05) is 25.0 Å². The Morgan fingerprint density at radius 3 is 2.66 bits per heavy atom. The van der Waals surface area contributed by atoms with Gasteiger partial charge < -0.3 is 4.52 Å². The van der Waals surface area contributed by atoms with Gasteiger partial charge in [-0.25, -0.2) is 8.42 Å². The van der Waals surface area contributed by atoms with E-state index in [2.05, 4.69) is 15.1 Å². The fourth-order valence-electron chi connectivity index (χ4n) is 2.79. The quantitative estimate of drug-likeness (QED) is 0.473. The Bertz CT molecular complexity index is 1260. The molecule has 1 aromatic carbocycles. The van der Waals surface area contributed by atoms with Crippen molar-refractivity contribution in [3.05, 3.63) is 65.3 Å². The van der Waals surface area contributed by atoms with Crippen LogP contribution in [-0.4, -0.2) is 30.6 Å². The summed E-state index contributed by atoms with van der Waals surface area (Å²) in [6, 6.07) is 10.7. The van der Waals surface area contributed by atoms with Crippen molar-refractivity contribution in [3.63, 3.8) is 0 Å². The van der Waals surface area contributed by atoms with E-state index >= 15 is 0 Å². The zero-order valence-electron chi connectivity index (χ0n) is 16.0. The van der Waals surface area contributed by atoms with Crippen LogP contribution in [-0.2, 0) is 10.0 Å². The maximum atomic E-state index is 13.3. The molecule has 29 heavy (non-hydrogen) atoms. The molecule has 0 amide bonds. The Morgan fingerprint density at radius 1 is 1.10 bits per heavy atom. The molecule has 0 atom stereocenters. The highest BCUT2D eigenvalue weighted by atomic mass is 32.2. The van der Waals surface area contributed by atoms with E-state index in [1.807, 2.05) is 26.0 Å². The van der Waals surface area contributed by atoms with Gasteiger partial charge in [-0.15, -0.1) is 11.3 Å². The van der Waals surface area contributed by atoms with Crippen molar-refractivity contribution in [2.24, 2.45) is 0 Å². The highest BCUT2D eigenvalue weighted by Crippen LogP contribution is 2.35. The number of sulfonamides is 1. The SMILES string of the molecule is Cc1ccc(N(C)S(=O)(=O)c2ccsc2-c2nc(-c3cccnc3)no2)cc1C. The Balaban J connectivity index is 1.72. The van der Waals surface area contributed by atoms with E-state index < -0.39 is 10.0 Å². The molecule has 3 aromatic heterocycles. The topological polar surface area (TPSA) is 89.2 Å². The van der Waals surface area contributed by atoms with Crippen LogP contribution < -0.4 is 4.31 Å². The van der Waals surface area contributed by atoms with Crippen LogP contribution in [0.2, 0.25) is 0 Å². The Morgan fingerprint density at radius 2 is 1.93 bits per heavy atom. The lowest BCUT2D eigenvalue weighted by molar-refractivity contribution is 0.432. The Hall–Kier alpha value is -3.04. The van der Waals surface area contributed by atoms with Crippen molar-refractivity contribution in [1.82, 2.24) is 15.1 Å². The number of aryl methyl sites for hydroxylation is 2. The molecule has 0 radical (unpaired) electrons. The van der Waals surface area contributed by atoms with Crippen LogP contribution >= 0.6 is 11.3 Å². The van der Waals surface area contributed by atoms with Crippen LogP contribution in [0.15, 0.2) is 63.6 Å². The van der Waals surface area contributed by atoms with Crippen LogP contribution in [0.5, 0.6) is 0 Å². The minimum atomic E-state index is -3.81. The molecule has 0 N–H and O–H groups in total. The summed E-state index contributed by atoms with van der Waals surface area (Å²) in [5.41, 5.74) is 3.40. The number of thiophene rings is 1. The normalized spacial score (nSPS) is 11.6. The number of hydrogen-bond acceptors (Lipinski definition) is 7. The molecule has 3 heterocycles. The second kappa shape index (κ2) is 7.41. The molecule has 0 fully saturated rings. The summed E-state index contributed by atoms with van der Waals surface area (Å²) in [7, 11) is -2.27. The fraction of sp³-hybridized carbons (Fsp3) is 0.150. The number of pyridine rings is 1. The average Bonchev–Trinajstić information content (AvgIpc) is 3.40. The van der Waals surface area contributed by atoms with Gasteiger partial charge in [0.25, 0.3) is 15.9 Å². The molecule has 4 aromatic rings. The predicted molar refractivity (Wildman–Crippen MR) is 112 cm³/mol. The van der Waals surface area contributed by atoms with Crippen molar-refractivity contribution < 1.29 is 12.9 Å². The van der Waals surface area contributed by atoms with E-state index in [-0.39, 0.29) is 10.8 Å². The number of benzene rings is 1. The lowest BCUT2D eigenvalue weighted by Crippen LogP contribution is -2.26. The highest BCUT2D eigenvalue weighted by Gasteiger charge is 2.28. The lowest BCUT2D eigenvalue weighted by atomic mass is 10.1. The number of anilines is 1. The molecule has 0 spiro atoms. The first-order chi connectivity index (χ1) is 13.9. The van der Waals surface area contributed by atoms with Crippen molar-refractivity contribution in [2.75, 3.05) is 11.4 Å². The van der Waals surface area contributed by atoms with Crippen molar-refractivity contribution >= 4 is 27.0 Å². The monoisotopic (exact) mass is 426 g/mol. The zero-order valence-corrected chi connectivity index (χ0v) is 17.7. The fourth-order valence-corrected chi connectivity index (χ4v) is 5.29. The molecule has 0 bridgehead atoms. The molecule has 0 aliphatic carbocycles. The molecular weight excluding hydrogens is 408 g/mol. The molecule has 9 heteroatoms. The summed E-state index contributed by atoms with van der Waals surface area (Å²) < 4.78 is 33.2. The van der Waals surface area contributed by atoms with Crippen molar-refractivity contribution in [3.8, 4) is 22.2 Å². The first kappa shape index (κ1) is 19.3. The van der Waals surface area contributed by atoms with Gasteiger partial charge in [0.1, 0.15) is 9.77 Å². The summed E-state index contributed by atoms with van der Waals surface area (Å²) in [6.07, 6.45) is 3.27. The van der Waals surface area contributed by atoms with Gasteiger partial charge in [0.05, 0.1) is 5.69 Å². The third-order valence-corrected chi connectivity index (χ3v) is 7.52. The number of aromatic nitrogens is 3. The van der Waals surface area contributed by atoms with Gasteiger partial charge in [0.15, 0.2) is 0 Å². The van der Waals surface area contributed by atoms with Crippen LogP contribution in [0.25, 0.3) is 22.2 Å². The van der Waals surface area contributed by atoms with E-state index in [4.69, 9.17) is 4.52 Å². The minimum absolute atomic E-state index is 0.129. The van der Waals surface area contributed by atoms with E-state index in [0.717, 1.165) is 11.1 Å². The summed E-state index contributed by atoms with van der Waals surface area (Å²) in [6.45, 7) is 3.94. The van der Waals surface area contributed by atoms with E-state index in [1.165, 1.54) is 22.7 Å². The molecule has 0 saturated carbocycles. The van der Waals surface area contributed by atoms with Crippen molar-refractivity contribution in [2.45, 2.75) is 18.7 Å². The van der Waals surface area contributed by atoms with Crippen LogP contribution in [0, 0.1) is 13.8 Å².